The number of hydrogen-bond acceptors (Lipinski definition) is 4. The fraction of sp³-hybridized carbons (Fsp3) is 0.571. The quantitative estimate of drug-likeness (QED) is 0.618. The van der Waals surface area contributed by atoms with Gasteiger partial charge in [-0.15, -0.1) is 0 Å². The van der Waals surface area contributed by atoms with Crippen LogP contribution in [-0.2, 0) is 9.59 Å². The lowest BCUT2D eigenvalue weighted by molar-refractivity contribution is -0.122. The first kappa shape index (κ1) is 22.7. The first-order valence-corrected chi connectivity index (χ1v) is 10.4. The first-order valence-electron chi connectivity index (χ1n) is 10.4. The number of rotatable bonds is 8. The molecule has 1 atom stereocenters. The number of nitrogens with zero attached hydrogens (tertiary/aromatic N) is 2. The van der Waals surface area contributed by atoms with Crippen LogP contribution in [-0.4, -0.2) is 66.9 Å². The van der Waals surface area contributed by atoms with Gasteiger partial charge in [0.1, 0.15) is 0 Å². The van der Waals surface area contributed by atoms with Crippen LogP contribution in [0.15, 0.2) is 24.3 Å². The molecule has 3 N–H and O–H groups in total. The van der Waals surface area contributed by atoms with E-state index in [2.05, 4.69) is 20.9 Å². The van der Waals surface area contributed by atoms with Crippen molar-refractivity contribution in [1.82, 2.24) is 20.4 Å². The summed E-state index contributed by atoms with van der Waals surface area (Å²) in [5.41, 5.74) is 1.72. The van der Waals surface area contributed by atoms with Crippen LogP contribution in [0, 0.1) is 0 Å². The van der Waals surface area contributed by atoms with Gasteiger partial charge in [-0.05, 0) is 31.0 Å². The van der Waals surface area contributed by atoms with Crippen molar-refractivity contribution < 1.29 is 14.4 Å². The van der Waals surface area contributed by atoms with Gasteiger partial charge >= 0.3 is 6.03 Å². The van der Waals surface area contributed by atoms with E-state index >= 15 is 0 Å². The van der Waals surface area contributed by atoms with Gasteiger partial charge in [0.2, 0.25) is 11.8 Å². The lowest BCUT2D eigenvalue weighted by Crippen LogP contribution is -2.53. The molecule has 0 aliphatic carbocycles. The number of hydrogen-bond donors (Lipinski definition) is 3. The molecule has 1 aromatic rings. The van der Waals surface area contributed by atoms with Crippen molar-refractivity contribution in [2.75, 3.05) is 44.6 Å². The fourth-order valence-corrected chi connectivity index (χ4v) is 3.10. The van der Waals surface area contributed by atoms with E-state index in [0.717, 1.165) is 17.7 Å². The van der Waals surface area contributed by atoms with Gasteiger partial charge in [-0.3, -0.25) is 14.5 Å². The monoisotopic (exact) mass is 403 g/mol. The Morgan fingerprint density at radius 2 is 1.66 bits per heavy atom. The SMILES string of the molecule is CCCNC(=O)CN1CCN(C(=O)NC(C)c2ccc(NC(=O)CC)cc2)CC1. The zero-order valence-corrected chi connectivity index (χ0v) is 17.7. The summed E-state index contributed by atoms with van der Waals surface area (Å²) < 4.78 is 0. The van der Waals surface area contributed by atoms with Gasteiger partial charge in [-0.25, -0.2) is 4.79 Å². The Balaban J connectivity index is 1.77. The molecule has 29 heavy (non-hydrogen) atoms. The first-order chi connectivity index (χ1) is 13.9. The number of amides is 4. The van der Waals surface area contributed by atoms with Gasteiger partial charge in [0.05, 0.1) is 12.6 Å². The third kappa shape index (κ3) is 7.38. The number of nitrogens with one attached hydrogen (secondary N) is 3. The Hall–Kier alpha value is -2.61. The molecule has 0 spiro atoms. The van der Waals surface area contributed by atoms with Crippen LogP contribution in [0.1, 0.15) is 45.2 Å². The Kier molecular flexibility index (Phi) is 8.92. The summed E-state index contributed by atoms with van der Waals surface area (Å²) in [5.74, 6) is 0.0121. The van der Waals surface area contributed by atoms with E-state index in [0.29, 0.717) is 45.7 Å². The zero-order valence-electron chi connectivity index (χ0n) is 17.7. The second-order valence-corrected chi connectivity index (χ2v) is 7.31. The molecule has 1 fully saturated rings. The molecule has 1 aliphatic heterocycles. The minimum Gasteiger partial charge on any atom is -0.355 e. The molecule has 0 aromatic heterocycles. The summed E-state index contributed by atoms with van der Waals surface area (Å²) in [7, 11) is 0. The Labute approximate surface area is 173 Å². The Morgan fingerprint density at radius 1 is 1.00 bits per heavy atom. The van der Waals surface area contributed by atoms with Crippen molar-refractivity contribution >= 4 is 23.5 Å². The van der Waals surface area contributed by atoms with E-state index < -0.39 is 0 Å². The summed E-state index contributed by atoms with van der Waals surface area (Å²) in [5, 5.41) is 8.71. The average molecular weight is 404 g/mol. The number of carbonyl (C=O) groups excluding carboxylic acids is 3. The third-order valence-electron chi connectivity index (χ3n) is 4.95. The topological polar surface area (TPSA) is 93.8 Å². The lowest BCUT2D eigenvalue weighted by Gasteiger charge is -2.35. The average Bonchev–Trinajstić information content (AvgIpc) is 2.73. The molecular weight excluding hydrogens is 370 g/mol. The van der Waals surface area contributed by atoms with Gasteiger partial charge in [0, 0.05) is 44.8 Å². The molecule has 1 heterocycles. The maximum atomic E-state index is 12.6. The van der Waals surface area contributed by atoms with Gasteiger partial charge in [-0.1, -0.05) is 26.0 Å². The van der Waals surface area contributed by atoms with E-state index in [9.17, 15) is 14.4 Å². The molecule has 8 heteroatoms. The molecule has 1 aliphatic rings. The van der Waals surface area contributed by atoms with Crippen molar-refractivity contribution in [3.63, 3.8) is 0 Å². The molecule has 2 rings (SSSR count). The number of carbonyl (C=O) groups is 3. The van der Waals surface area contributed by atoms with Crippen LogP contribution in [0.5, 0.6) is 0 Å². The zero-order chi connectivity index (χ0) is 21.2. The summed E-state index contributed by atoms with van der Waals surface area (Å²) in [4.78, 5) is 39.7. The van der Waals surface area contributed by atoms with Gasteiger partial charge in [0.15, 0.2) is 0 Å². The van der Waals surface area contributed by atoms with Crippen LogP contribution >= 0.6 is 0 Å². The second kappa shape index (κ2) is 11.4. The van der Waals surface area contributed by atoms with Crippen molar-refractivity contribution in [2.24, 2.45) is 0 Å². The highest BCUT2D eigenvalue weighted by atomic mass is 16.2. The predicted molar refractivity (Wildman–Crippen MR) is 114 cm³/mol. The molecule has 1 unspecified atom stereocenters. The van der Waals surface area contributed by atoms with E-state index in [1.807, 2.05) is 45.0 Å². The molecule has 8 nitrogen and oxygen atoms in total. The van der Waals surface area contributed by atoms with Crippen LogP contribution < -0.4 is 16.0 Å². The minimum atomic E-state index is -0.142. The van der Waals surface area contributed by atoms with Crippen LogP contribution in [0.2, 0.25) is 0 Å². The van der Waals surface area contributed by atoms with Crippen molar-refractivity contribution in [1.29, 1.82) is 0 Å². The highest BCUT2D eigenvalue weighted by Crippen LogP contribution is 2.17. The largest absolute Gasteiger partial charge is 0.355 e. The molecule has 0 bridgehead atoms. The second-order valence-electron chi connectivity index (χ2n) is 7.31. The van der Waals surface area contributed by atoms with Crippen LogP contribution in [0.25, 0.3) is 0 Å². The number of urea groups is 1. The standard InChI is InChI=1S/C21H33N5O3/c1-4-10-22-20(28)15-25-11-13-26(14-12-25)21(29)23-16(3)17-6-8-18(9-7-17)24-19(27)5-2/h6-9,16H,4-5,10-15H2,1-3H3,(H,22,28)(H,23,29)(H,24,27). The maximum Gasteiger partial charge on any atom is 0.317 e. The molecule has 4 amide bonds. The van der Waals surface area contributed by atoms with Gasteiger partial charge in [-0.2, -0.15) is 0 Å². The minimum absolute atomic E-state index is 0.0268. The maximum absolute atomic E-state index is 12.6. The Morgan fingerprint density at radius 3 is 2.24 bits per heavy atom. The van der Waals surface area contributed by atoms with Crippen molar-refractivity contribution in [2.45, 2.75) is 39.7 Å². The van der Waals surface area contributed by atoms with Gasteiger partial charge < -0.3 is 20.9 Å². The smallest absolute Gasteiger partial charge is 0.317 e. The molecular formula is C21H33N5O3. The molecule has 160 valence electrons. The van der Waals surface area contributed by atoms with E-state index in [1.54, 1.807) is 4.90 Å². The summed E-state index contributed by atoms with van der Waals surface area (Å²) in [6.45, 7) is 9.42. The number of anilines is 1. The van der Waals surface area contributed by atoms with Crippen molar-refractivity contribution in [3.05, 3.63) is 29.8 Å². The number of piperazine rings is 1. The lowest BCUT2D eigenvalue weighted by atomic mass is 10.1. The van der Waals surface area contributed by atoms with Crippen LogP contribution in [0.3, 0.4) is 0 Å². The third-order valence-corrected chi connectivity index (χ3v) is 4.95. The molecule has 0 radical (unpaired) electrons. The Bertz CT molecular complexity index is 684. The van der Waals surface area contributed by atoms with Crippen LogP contribution in [0.4, 0.5) is 10.5 Å². The highest BCUT2D eigenvalue weighted by molar-refractivity contribution is 5.90. The van der Waals surface area contributed by atoms with E-state index in [1.165, 1.54) is 0 Å². The molecule has 1 saturated heterocycles. The van der Waals surface area contributed by atoms with Gasteiger partial charge in [0.25, 0.3) is 0 Å². The summed E-state index contributed by atoms with van der Waals surface area (Å²) >= 11 is 0. The number of benzene rings is 1. The summed E-state index contributed by atoms with van der Waals surface area (Å²) in [6.07, 6.45) is 1.36. The highest BCUT2D eigenvalue weighted by Gasteiger charge is 2.23. The van der Waals surface area contributed by atoms with E-state index in [-0.39, 0.29) is 23.9 Å². The predicted octanol–water partition coefficient (Wildman–Crippen LogP) is 1.95. The molecule has 0 saturated carbocycles. The van der Waals surface area contributed by atoms with E-state index in [4.69, 9.17) is 0 Å². The summed E-state index contributed by atoms with van der Waals surface area (Å²) in [6, 6.07) is 7.25. The normalized spacial score (nSPS) is 15.5. The van der Waals surface area contributed by atoms with Crippen molar-refractivity contribution in [3.8, 4) is 0 Å². The fourth-order valence-electron chi connectivity index (χ4n) is 3.10. The molecule has 1 aromatic carbocycles.